The number of amides is 1. The maximum Gasteiger partial charge on any atom is 0.289 e. The van der Waals surface area contributed by atoms with Crippen molar-refractivity contribution in [2.75, 3.05) is 20.1 Å². The summed E-state index contributed by atoms with van der Waals surface area (Å²) in [7, 11) is 2.18. The van der Waals surface area contributed by atoms with Gasteiger partial charge in [-0.05, 0) is 62.9 Å². The number of hydrogen-bond acceptors (Lipinski definition) is 4. The van der Waals surface area contributed by atoms with Crippen LogP contribution in [0.25, 0.3) is 0 Å². The summed E-state index contributed by atoms with van der Waals surface area (Å²) in [5, 5.41) is 0. The Morgan fingerprint density at radius 2 is 2.16 bits per heavy atom. The second kappa shape index (κ2) is 6.71. The molecular weight excluding hydrogens is 316 g/mol. The third kappa shape index (κ3) is 3.25. The molecule has 0 bridgehead atoms. The second-order valence-electron chi connectivity index (χ2n) is 7.54. The molecule has 3 atom stereocenters. The summed E-state index contributed by atoms with van der Waals surface area (Å²) in [6.07, 6.45) is 5.38. The van der Waals surface area contributed by atoms with E-state index < -0.39 is 0 Å². The molecule has 0 radical (unpaired) electrons. The van der Waals surface area contributed by atoms with Crippen LogP contribution in [0.2, 0.25) is 0 Å². The highest BCUT2D eigenvalue weighted by Crippen LogP contribution is 2.39. The Hall–Kier alpha value is -2.01. The molecule has 2 fully saturated rings. The number of nitrogens with zero attached hydrogens (tertiary/aromatic N) is 2. The lowest BCUT2D eigenvalue weighted by atomic mass is 9.77. The quantitative estimate of drug-likeness (QED) is 0.852. The van der Waals surface area contributed by atoms with E-state index in [-0.39, 0.29) is 5.91 Å². The minimum atomic E-state index is 0.0370. The van der Waals surface area contributed by atoms with Crippen LogP contribution in [0.4, 0.5) is 0 Å². The van der Waals surface area contributed by atoms with Gasteiger partial charge in [0.05, 0.1) is 12.8 Å². The smallest absolute Gasteiger partial charge is 0.289 e. The van der Waals surface area contributed by atoms with Gasteiger partial charge < -0.3 is 13.7 Å². The summed E-state index contributed by atoms with van der Waals surface area (Å²) in [5.41, 5.74) is 0. The molecular formula is C20H26N2O3. The Morgan fingerprint density at radius 3 is 2.88 bits per heavy atom. The van der Waals surface area contributed by atoms with E-state index in [4.69, 9.17) is 8.83 Å². The highest BCUT2D eigenvalue weighted by molar-refractivity contribution is 5.91. The molecule has 1 aliphatic heterocycles. The van der Waals surface area contributed by atoms with E-state index in [9.17, 15) is 4.79 Å². The van der Waals surface area contributed by atoms with Crippen LogP contribution in [0.5, 0.6) is 0 Å². The topological polar surface area (TPSA) is 49.8 Å². The van der Waals surface area contributed by atoms with E-state index in [1.165, 1.54) is 19.3 Å². The van der Waals surface area contributed by atoms with Crippen LogP contribution in [-0.2, 0) is 6.54 Å². The number of fused-ring (bicyclic) bond motifs is 1. The third-order valence-corrected chi connectivity index (χ3v) is 5.85. The first-order chi connectivity index (χ1) is 12.1. The van der Waals surface area contributed by atoms with Gasteiger partial charge in [0.2, 0.25) is 0 Å². The van der Waals surface area contributed by atoms with Gasteiger partial charge in [-0.1, -0.05) is 6.42 Å². The van der Waals surface area contributed by atoms with Crippen LogP contribution >= 0.6 is 0 Å². The van der Waals surface area contributed by atoms with Crippen molar-refractivity contribution >= 4 is 5.91 Å². The van der Waals surface area contributed by atoms with Crippen LogP contribution < -0.4 is 0 Å². The predicted octanol–water partition coefficient (Wildman–Crippen LogP) is 3.55. The number of carbonyl (C=O) groups excluding carboxylic acids is 1. The van der Waals surface area contributed by atoms with Gasteiger partial charge in [0, 0.05) is 19.1 Å². The standard InChI is InChI=1S/C20H26N2O3/c1-14-8-9-19(25-14)20(23)22-11-15-5-3-7-18(17(15)13-22)21(2)12-16-6-4-10-24-16/h4,6,8-10,15,17-18H,3,5,7,11-13H2,1-2H3/t15-,17-,18-/m0/s1. The van der Waals surface area contributed by atoms with Crippen molar-refractivity contribution in [1.82, 2.24) is 9.80 Å². The summed E-state index contributed by atoms with van der Waals surface area (Å²) in [6, 6.07) is 8.12. The Balaban J connectivity index is 1.45. The molecule has 2 aromatic rings. The zero-order chi connectivity index (χ0) is 17.4. The lowest BCUT2D eigenvalue weighted by Crippen LogP contribution is -2.43. The largest absolute Gasteiger partial charge is 0.468 e. The van der Waals surface area contributed by atoms with Crippen molar-refractivity contribution in [2.45, 2.75) is 38.8 Å². The monoisotopic (exact) mass is 342 g/mol. The average Bonchev–Trinajstić information content (AvgIpc) is 3.33. The molecule has 1 saturated carbocycles. The first kappa shape index (κ1) is 16.5. The highest BCUT2D eigenvalue weighted by atomic mass is 16.4. The van der Waals surface area contributed by atoms with E-state index >= 15 is 0 Å². The number of carbonyl (C=O) groups is 1. The van der Waals surface area contributed by atoms with Crippen LogP contribution in [0.3, 0.4) is 0 Å². The first-order valence-electron chi connectivity index (χ1n) is 9.20. The molecule has 4 rings (SSSR count). The van der Waals surface area contributed by atoms with Gasteiger partial charge >= 0.3 is 0 Å². The minimum absolute atomic E-state index is 0.0370. The van der Waals surface area contributed by atoms with Gasteiger partial charge in [-0.25, -0.2) is 0 Å². The van der Waals surface area contributed by atoms with Gasteiger partial charge in [-0.15, -0.1) is 0 Å². The minimum Gasteiger partial charge on any atom is -0.468 e. The van der Waals surface area contributed by atoms with E-state index in [0.29, 0.717) is 23.6 Å². The molecule has 5 nitrogen and oxygen atoms in total. The molecule has 1 saturated heterocycles. The molecule has 0 aromatic carbocycles. The van der Waals surface area contributed by atoms with Crippen LogP contribution in [0, 0.1) is 18.8 Å². The van der Waals surface area contributed by atoms with Gasteiger partial charge in [-0.3, -0.25) is 9.69 Å². The van der Waals surface area contributed by atoms with Crippen LogP contribution in [-0.4, -0.2) is 41.9 Å². The first-order valence-corrected chi connectivity index (χ1v) is 9.20. The van der Waals surface area contributed by atoms with E-state index in [1.54, 1.807) is 12.3 Å². The molecule has 0 unspecified atom stereocenters. The zero-order valence-electron chi connectivity index (χ0n) is 15.0. The highest BCUT2D eigenvalue weighted by Gasteiger charge is 2.43. The molecule has 1 aliphatic carbocycles. The Kier molecular flexibility index (Phi) is 4.42. The van der Waals surface area contributed by atoms with Gasteiger partial charge in [-0.2, -0.15) is 0 Å². The van der Waals surface area contributed by atoms with Crippen molar-refractivity contribution in [3.05, 3.63) is 47.8 Å². The maximum absolute atomic E-state index is 12.7. The fraction of sp³-hybridized carbons (Fsp3) is 0.550. The fourth-order valence-corrected chi connectivity index (χ4v) is 4.63. The lowest BCUT2D eigenvalue weighted by molar-refractivity contribution is 0.0735. The summed E-state index contributed by atoms with van der Waals surface area (Å²) in [6.45, 7) is 4.39. The number of furan rings is 2. The summed E-state index contributed by atoms with van der Waals surface area (Å²) in [4.78, 5) is 17.1. The molecule has 134 valence electrons. The maximum atomic E-state index is 12.7. The van der Waals surface area contributed by atoms with Gasteiger partial charge in [0.15, 0.2) is 5.76 Å². The average molecular weight is 342 g/mol. The molecule has 3 heterocycles. The van der Waals surface area contributed by atoms with Crippen LogP contribution in [0.1, 0.15) is 41.3 Å². The predicted molar refractivity (Wildman–Crippen MR) is 94.1 cm³/mol. The normalized spacial score (nSPS) is 26.2. The molecule has 5 heteroatoms. The van der Waals surface area contributed by atoms with Gasteiger partial charge in [0.25, 0.3) is 5.91 Å². The molecule has 1 amide bonds. The number of likely N-dealkylation sites (tertiary alicyclic amines) is 1. The Bertz CT molecular complexity index is 721. The third-order valence-electron chi connectivity index (χ3n) is 5.85. The van der Waals surface area contributed by atoms with Crippen molar-refractivity contribution < 1.29 is 13.6 Å². The SMILES string of the molecule is Cc1ccc(C(=O)N2C[C@@H]3CCC[C@H](N(C)Cc4ccco4)[C@H]3C2)o1. The molecule has 0 spiro atoms. The second-order valence-corrected chi connectivity index (χ2v) is 7.54. The number of hydrogen-bond donors (Lipinski definition) is 0. The molecule has 2 aromatic heterocycles. The summed E-state index contributed by atoms with van der Waals surface area (Å²) < 4.78 is 11.0. The lowest BCUT2D eigenvalue weighted by Gasteiger charge is -2.38. The Labute approximate surface area is 148 Å². The van der Waals surface area contributed by atoms with E-state index in [0.717, 1.165) is 31.2 Å². The summed E-state index contributed by atoms with van der Waals surface area (Å²) in [5.74, 6) is 3.43. The van der Waals surface area contributed by atoms with Crippen molar-refractivity contribution in [2.24, 2.45) is 11.8 Å². The van der Waals surface area contributed by atoms with Gasteiger partial charge in [0.1, 0.15) is 11.5 Å². The zero-order valence-corrected chi connectivity index (χ0v) is 15.0. The molecule has 2 aliphatic rings. The summed E-state index contributed by atoms with van der Waals surface area (Å²) >= 11 is 0. The molecule has 0 N–H and O–H groups in total. The van der Waals surface area contributed by atoms with Crippen molar-refractivity contribution in [3.8, 4) is 0 Å². The van der Waals surface area contributed by atoms with E-state index in [1.807, 2.05) is 30.0 Å². The van der Waals surface area contributed by atoms with Crippen molar-refractivity contribution in [3.63, 3.8) is 0 Å². The van der Waals surface area contributed by atoms with Crippen LogP contribution in [0.15, 0.2) is 39.4 Å². The Morgan fingerprint density at radius 1 is 1.28 bits per heavy atom. The number of rotatable bonds is 4. The van der Waals surface area contributed by atoms with E-state index in [2.05, 4.69) is 11.9 Å². The number of aryl methyl sites for hydroxylation is 1. The fourth-order valence-electron chi connectivity index (χ4n) is 4.63. The van der Waals surface area contributed by atoms with Crippen molar-refractivity contribution in [1.29, 1.82) is 0 Å². The molecule has 25 heavy (non-hydrogen) atoms.